The van der Waals surface area contributed by atoms with Crippen LogP contribution in [0.3, 0.4) is 0 Å². The Balaban J connectivity index is 1.38. The van der Waals surface area contributed by atoms with Crippen molar-refractivity contribution in [3.05, 3.63) is 76.7 Å². The molecule has 37 heavy (non-hydrogen) atoms. The lowest BCUT2D eigenvalue weighted by Crippen LogP contribution is -2.49. The highest BCUT2D eigenvalue weighted by molar-refractivity contribution is 7.98. The van der Waals surface area contributed by atoms with Crippen LogP contribution < -0.4 is 9.80 Å². The molecule has 1 aliphatic rings. The summed E-state index contributed by atoms with van der Waals surface area (Å²) in [6.45, 7) is 8.45. The number of anilines is 2. The molecule has 2 aromatic carbocycles. The van der Waals surface area contributed by atoms with Crippen LogP contribution in [-0.2, 0) is 5.75 Å². The van der Waals surface area contributed by atoms with Crippen molar-refractivity contribution in [3.63, 3.8) is 0 Å². The zero-order valence-corrected chi connectivity index (χ0v) is 22.9. The van der Waals surface area contributed by atoms with Gasteiger partial charge in [0.2, 0.25) is 0 Å². The van der Waals surface area contributed by atoms with Gasteiger partial charge >= 0.3 is 0 Å². The minimum absolute atomic E-state index is 0.00361. The molecule has 6 nitrogen and oxygen atoms in total. The van der Waals surface area contributed by atoms with Crippen molar-refractivity contribution in [1.29, 1.82) is 0 Å². The number of carbonyl (C=O) groups excluding carboxylic acids is 1. The second-order valence-electron chi connectivity index (χ2n) is 9.04. The Hall–Kier alpha value is -2.84. The second kappa shape index (κ2) is 13.1. The summed E-state index contributed by atoms with van der Waals surface area (Å²) < 4.78 is 14.1. The molecule has 4 rings (SSSR count). The smallest absolute Gasteiger partial charge is 0.253 e. The number of nitrogens with zero attached hydrogens (tertiary/aromatic N) is 5. The summed E-state index contributed by atoms with van der Waals surface area (Å²) in [6, 6.07) is 16.3. The van der Waals surface area contributed by atoms with Crippen LogP contribution in [-0.4, -0.2) is 60.0 Å². The van der Waals surface area contributed by atoms with Gasteiger partial charge in [-0.05, 0) is 42.7 Å². The maximum Gasteiger partial charge on any atom is 0.253 e. The number of hydrogen-bond acceptors (Lipinski definition) is 6. The molecular formula is C28H33ClFN5OS. The molecule has 2 heterocycles. The molecule has 0 bridgehead atoms. The van der Waals surface area contributed by atoms with Crippen molar-refractivity contribution >= 4 is 40.8 Å². The van der Waals surface area contributed by atoms with E-state index in [1.807, 2.05) is 46.2 Å². The van der Waals surface area contributed by atoms with E-state index in [-0.39, 0.29) is 11.7 Å². The van der Waals surface area contributed by atoms with Crippen molar-refractivity contribution in [2.24, 2.45) is 0 Å². The molecule has 1 fully saturated rings. The predicted octanol–water partition coefficient (Wildman–Crippen LogP) is 6.15. The van der Waals surface area contributed by atoms with Gasteiger partial charge in [0.15, 0.2) is 5.16 Å². The van der Waals surface area contributed by atoms with Gasteiger partial charge < -0.3 is 14.7 Å². The van der Waals surface area contributed by atoms with Crippen LogP contribution in [0.4, 0.5) is 15.9 Å². The van der Waals surface area contributed by atoms with Gasteiger partial charge in [0.25, 0.3) is 5.91 Å². The SMILES string of the molecule is CCCN(CCC)c1cc(Cl)nc(SCc2cccc(C(=O)N3CCN(c4ccccc4F)CC3)c2)n1. The molecule has 1 aromatic heterocycles. The van der Waals surface area contributed by atoms with E-state index in [2.05, 4.69) is 23.7 Å². The van der Waals surface area contributed by atoms with Crippen LogP contribution >= 0.6 is 23.4 Å². The fraction of sp³-hybridized carbons (Fsp3) is 0.393. The normalized spacial score (nSPS) is 13.6. The van der Waals surface area contributed by atoms with Gasteiger partial charge in [-0.2, -0.15) is 0 Å². The Morgan fingerprint density at radius 3 is 2.43 bits per heavy atom. The first-order valence-electron chi connectivity index (χ1n) is 12.8. The van der Waals surface area contributed by atoms with Crippen LogP contribution in [0.1, 0.15) is 42.6 Å². The van der Waals surface area contributed by atoms with Gasteiger partial charge in [-0.25, -0.2) is 14.4 Å². The summed E-state index contributed by atoms with van der Waals surface area (Å²) in [6.07, 6.45) is 2.06. The number of carbonyl (C=O) groups is 1. The molecule has 0 saturated carbocycles. The van der Waals surface area contributed by atoms with Crippen molar-refractivity contribution < 1.29 is 9.18 Å². The Morgan fingerprint density at radius 1 is 1.00 bits per heavy atom. The number of hydrogen-bond donors (Lipinski definition) is 0. The van der Waals surface area contributed by atoms with Gasteiger partial charge in [-0.3, -0.25) is 4.79 Å². The summed E-state index contributed by atoms with van der Waals surface area (Å²) in [5, 5.41) is 1.06. The second-order valence-corrected chi connectivity index (χ2v) is 10.4. The van der Waals surface area contributed by atoms with Gasteiger partial charge in [0.05, 0.1) is 5.69 Å². The lowest BCUT2D eigenvalue weighted by molar-refractivity contribution is 0.0746. The van der Waals surface area contributed by atoms with E-state index in [1.54, 1.807) is 12.1 Å². The number of rotatable bonds is 10. The van der Waals surface area contributed by atoms with Crippen LogP contribution in [0.25, 0.3) is 0 Å². The number of thioether (sulfide) groups is 1. The third-order valence-electron chi connectivity index (χ3n) is 6.27. The summed E-state index contributed by atoms with van der Waals surface area (Å²) >= 11 is 7.83. The first kappa shape index (κ1) is 27.2. The zero-order valence-electron chi connectivity index (χ0n) is 21.4. The molecule has 3 aromatic rings. The quantitative estimate of drug-likeness (QED) is 0.174. The molecule has 0 unspecified atom stereocenters. The van der Waals surface area contributed by atoms with Crippen molar-refractivity contribution in [2.45, 2.75) is 37.6 Å². The van der Waals surface area contributed by atoms with E-state index in [0.717, 1.165) is 37.3 Å². The average molecular weight is 542 g/mol. The highest BCUT2D eigenvalue weighted by Gasteiger charge is 2.23. The molecule has 196 valence electrons. The molecule has 0 aliphatic carbocycles. The molecule has 0 atom stereocenters. The van der Waals surface area contributed by atoms with E-state index in [1.165, 1.54) is 17.8 Å². The van der Waals surface area contributed by atoms with E-state index < -0.39 is 0 Å². The van der Waals surface area contributed by atoms with Gasteiger partial charge in [0, 0.05) is 56.7 Å². The van der Waals surface area contributed by atoms with Crippen molar-refractivity contribution in [3.8, 4) is 0 Å². The van der Waals surface area contributed by atoms with Crippen LogP contribution in [0.5, 0.6) is 0 Å². The predicted molar refractivity (Wildman–Crippen MR) is 150 cm³/mol. The molecule has 1 amide bonds. The van der Waals surface area contributed by atoms with Crippen LogP contribution in [0, 0.1) is 5.82 Å². The van der Waals surface area contributed by atoms with E-state index >= 15 is 0 Å². The Labute approximate surface area is 227 Å². The molecule has 0 N–H and O–H groups in total. The highest BCUT2D eigenvalue weighted by Crippen LogP contribution is 2.26. The first-order valence-corrected chi connectivity index (χ1v) is 14.1. The first-order chi connectivity index (χ1) is 18.0. The minimum Gasteiger partial charge on any atom is -0.366 e. The number of piperazine rings is 1. The summed E-state index contributed by atoms with van der Waals surface area (Å²) in [5.74, 6) is 1.25. The number of benzene rings is 2. The van der Waals surface area contributed by atoms with Crippen LogP contribution in [0.2, 0.25) is 5.15 Å². The van der Waals surface area contributed by atoms with Gasteiger partial charge in [0.1, 0.15) is 16.8 Å². The monoisotopic (exact) mass is 541 g/mol. The number of amides is 1. The largest absolute Gasteiger partial charge is 0.366 e. The molecule has 9 heteroatoms. The summed E-state index contributed by atoms with van der Waals surface area (Å²) in [5.41, 5.74) is 2.26. The average Bonchev–Trinajstić information content (AvgIpc) is 2.92. The Morgan fingerprint density at radius 2 is 1.73 bits per heavy atom. The van der Waals surface area contributed by atoms with E-state index in [4.69, 9.17) is 16.6 Å². The molecule has 1 saturated heterocycles. The fourth-order valence-corrected chi connectivity index (χ4v) is 5.50. The third kappa shape index (κ3) is 7.14. The topological polar surface area (TPSA) is 52.6 Å². The third-order valence-corrected chi connectivity index (χ3v) is 7.39. The Bertz CT molecular complexity index is 1200. The number of para-hydroxylation sites is 1. The highest BCUT2D eigenvalue weighted by atomic mass is 35.5. The summed E-state index contributed by atoms with van der Waals surface area (Å²) in [4.78, 5) is 28.4. The van der Waals surface area contributed by atoms with Crippen LogP contribution in [0.15, 0.2) is 59.8 Å². The fourth-order valence-electron chi connectivity index (χ4n) is 4.48. The lowest BCUT2D eigenvalue weighted by Gasteiger charge is -2.36. The van der Waals surface area contributed by atoms with Gasteiger partial charge in [-0.15, -0.1) is 0 Å². The maximum absolute atomic E-state index is 14.1. The lowest BCUT2D eigenvalue weighted by atomic mass is 10.1. The molecular weight excluding hydrogens is 509 g/mol. The standard InChI is InChI=1S/C28H33ClFN5OS/c1-3-12-34(13-4-2)26-19-25(29)31-28(32-26)37-20-21-8-7-9-22(18-21)27(36)35-16-14-33(15-17-35)24-11-6-5-10-23(24)30/h5-11,18-19H,3-4,12-17,20H2,1-2H3. The van der Waals surface area contributed by atoms with Crippen molar-refractivity contribution in [2.75, 3.05) is 49.1 Å². The summed E-state index contributed by atoms with van der Waals surface area (Å²) in [7, 11) is 0. The van der Waals surface area contributed by atoms with Crippen molar-refractivity contribution in [1.82, 2.24) is 14.9 Å². The number of halogens is 2. The number of aromatic nitrogens is 2. The minimum atomic E-state index is -0.230. The Kier molecular flexibility index (Phi) is 9.63. The maximum atomic E-state index is 14.1. The molecule has 0 spiro atoms. The van der Waals surface area contributed by atoms with E-state index in [0.29, 0.717) is 53.5 Å². The van der Waals surface area contributed by atoms with E-state index in [9.17, 15) is 9.18 Å². The molecule has 0 radical (unpaired) electrons. The zero-order chi connectivity index (χ0) is 26.2. The molecule has 1 aliphatic heterocycles. The van der Waals surface area contributed by atoms with Gasteiger partial charge in [-0.1, -0.05) is 61.5 Å².